The van der Waals surface area contributed by atoms with Crippen LogP contribution in [0.25, 0.3) is 0 Å². The lowest BCUT2D eigenvalue weighted by atomic mass is 9.85. The molecule has 162 valence electrons. The molecule has 0 radical (unpaired) electrons. The third-order valence-corrected chi connectivity index (χ3v) is 5.29. The molecular formula is C23H30FN3O3. The number of carbonyl (C=O) groups is 2. The van der Waals surface area contributed by atoms with E-state index in [9.17, 15) is 9.18 Å². The van der Waals surface area contributed by atoms with E-state index in [0.29, 0.717) is 18.5 Å². The highest BCUT2D eigenvalue weighted by Gasteiger charge is 2.42. The van der Waals surface area contributed by atoms with Gasteiger partial charge in [0.2, 0.25) is 5.91 Å². The highest BCUT2D eigenvalue weighted by Crippen LogP contribution is 2.29. The molecule has 2 aromatic rings. The molecule has 0 saturated carbocycles. The van der Waals surface area contributed by atoms with Gasteiger partial charge in [-0.25, -0.2) is 4.39 Å². The third kappa shape index (κ3) is 6.56. The minimum Gasteiger partial charge on any atom is -0.483 e. The SMILES string of the molecule is CN(C)C(=O)C1(Nc2cccc(F)c2)CCN(CCc2ccccc2)CC1.O=CO. The molecule has 7 heteroatoms. The lowest BCUT2D eigenvalue weighted by Crippen LogP contribution is -2.58. The second-order valence-electron chi connectivity index (χ2n) is 7.60. The number of hydrogen-bond donors (Lipinski definition) is 2. The molecule has 0 spiro atoms. The number of likely N-dealkylation sites (N-methyl/N-ethyl adjacent to an activating group) is 1. The molecule has 1 aliphatic heterocycles. The van der Waals surface area contributed by atoms with Crippen LogP contribution in [0.3, 0.4) is 0 Å². The van der Waals surface area contributed by atoms with E-state index in [2.05, 4.69) is 34.5 Å². The van der Waals surface area contributed by atoms with Gasteiger partial charge in [0.1, 0.15) is 11.4 Å². The first-order valence-electron chi connectivity index (χ1n) is 10.00. The number of carbonyl (C=O) groups excluding carboxylic acids is 1. The number of carboxylic acid groups (broad SMARTS) is 1. The van der Waals surface area contributed by atoms with Gasteiger partial charge in [0.15, 0.2) is 0 Å². The fourth-order valence-corrected chi connectivity index (χ4v) is 3.75. The van der Waals surface area contributed by atoms with Gasteiger partial charge in [-0.2, -0.15) is 0 Å². The summed E-state index contributed by atoms with van der Waals surface area (Å²) >= 11 is 0. The predicted molar refractivity (Wildman–Crippen MR) is 116 cm³/mol. The van der Waals surface area contributed by atoms with E-state index in [1.54, 1.807) is 25.1 Å². The molecule has 1 aliphatic rings. The van der Waals surface area contributed by atoms with Crippen molar-refractivity contribution in [1.82, 2.24) is 9.80 Å². The highest BCUT2D eigenvalue weighted by molar-refractivity contribution is 5.89. The van der Waals surface area contributed by atoms with Crippen molar-refractivity contribution < 1.29 is 19.1 Å². The summed E-state index contributed by atoms with van der Waals surface area (Å²) < 4.78 is 13.6. The van der Waals surface area contributed by atoms with Gasteiger partial charge in [-0.15, -0.1) is 0 Å². The van der Waals surface area contributed by atoms with E-state index in [-0.39, 0.29) is 18.2 Å². The molecule has 1 amide bonds. The van der Waals surface area contributed by atoms with Crippen molar-refractivity contribution in [3.8, 4) is 0 Å². The lowest BCUT2D eigenvalue weighted by molar-refractivity contribution is -0.135. The Kier molecular flexibility index (Phi) is 8.80. The normalized spacial score (nSPS) is 15.4. The number of halogens is 1. The van der Waals surface area contributed by atoms with Crippen LogP contribution in [-0.2, 0) is 16.0 Å². The molecule has 3 rings (SSSR count). The van der Waals surface area contributed by atoms with Crippen molar-refractivity contribution in [3.05, 3.63) is 66.0 Å². The van der Waals surface area contributed by atoms with Gasteiger partial charge in [-0.3, -0.25) is 9.59 Å². The summed E-state index contributed by atoms with van der Waals surface area (Å²) in [6.45, 7) is 2.42. The minimum atomic E-state index is -0.680. The quantitative estimate of drug-likeness (QED) is 0.710. The van der Waals surface area contributed by atoms with Gasteiger partial charge in [-0.1, -0.05) is 36.4 Å². The van der Waals surface area contributed by atoms with Crippen LogP contribution >= 0.6 is 0 Å². The predicted octanol–water partition coefficient (Wildman–Crippen LogP) is 3.10. The zero-order valence-corrected chi connectivity index (χ0v) is 17.6. The number of amides is 1. The van der Waals surface area contributed by atoms with E-state index in [4.69, 9.17) is 9.90 Å². The third-order valence-electron chi connectivity index (χ3n) is 5.29. The van der Waals surface area contributed by atoms with Crippen LogP contribution in [0.5, 0.6) is 0 Å². The number of rotatable bonds is 6. The van der Waals surface area contributed by atoms with Gasteiger partial charge < -0.3 is 20.2 Å². The molecule has 0 aromatic heterocycles. The fourth-order valence-electron chi connectivity index (χ4n) is 3.75. The second-order valence-corrected chi connectivity index (χ2v) is 7.60. The number of benzene rings is 2. The van der Waals surface area contributed by atoms with Crippen molar-refractivity contribution in [3.63, 3.8) is 0 Å². The van der Waals surface area contributed by atoms with Crippen LogP contribution in [0.4, 0.5) is 10.1 Å². The van der Waals surface area contributed by atoms with Crippen LogP contribution in [-0.4, -0.2) is 66.6 Å². The summed E-state index contributed by atoms with van der Waals surface area (Å²) in [6, 6.07) is 16.8. The smallest absolute Gasteiger partial charge is 0.290 e. The number of likely N-dealkylation sites (tertiary alicyclic amines) is 1. The lowest BCUT2D eigenvalue weighted by Gasteiger charge is -2.43. The summed E-state index contributed by atoms with van der Waals surface area (Å²) in [5.41, 5.74) is 1.31. The van der Waals surface area contributed by atoms with Crippen molar-refractivity contribution in [2.75, 3.05) is 39.0 Å². The van der Waals surface area contributed by atoms with Crippen LogP contribution < -0.4 is 5.32 Å². The Morgan fingerprint density at radius 2 is 1.80 bits per heavy atom. The maximum atomic E-state index is 13.6. The van der Waals surface area contributed by atoms with Gasteiger partial charge in [-0.05, 0) is 43.0 Å². The first-order chi connectivity index (χ1) is 14.4. The van der Waals surface area contributed by atoms with E-state index in [1.165, 1.54) is 17.7 Å². The maximum Gasteiger partial charge on any atom is 0.290 e. The summed E-state index contributed by atoms with van der Waals surface area (Å²) in [5.74, 6) is -0.248. The monoisotopic (exact) mass is 415 g/mol. The Bertz CT molecular complexity index is 806. The molecule has 30 heavy (non-hydrogen) atoms. The molecule has 0 atom stereocenters. The number of piperidine rings is 1. The van der Waals surface area contributed by atoms with E-state index in [0.717, 1.165) is 26.1 Å². The summed E-state index contributed by atoms with van der Waals surface area (Å²) in [6.07, 6.45) is 2.41. The van der Waals surface area contributed by atoms with Gasteiger partial charge in [0, 0.05) is 39.4 Å². The van der Waals surface area contributed by atoms with Gasteiger partial charge >= 0.3 is 0 Å². The average molecular weight is 416 g/mol. The molecule has 0 bridgehead atoms. The topological polar surface area (TPSA) is 72.9 Å². The molecule has 1 saturated heterocycles. The molecule has 0 unspecified atom stereocenters. The number of nitrogens with one attached hydrogen (secondary N) is 1. The van der Waals surface area contributed by atoms with Gasteiger partial charge in [0.05, 0.1) is 0 Å². The minimum absolute atomic E-state index is 0.0504. The maximum absolute atomic E-state index is 13.6. The Morgan fingerprint density at radius 1 is 1.17 bits per heavy atom. The first kappa shape index (κ1) is 23.3. The molecular weight excluding hydrogens is 385 g/mol. The molecule has 2 aromatic carbocycles. The van der Waals surface area contributed by atoms with E-state index in [1.807, 2.05) is 12.1 Å². The van der Waals surface area contributed by atoms with E-state index >= 15 is 0 Å². The summed E-state index contributed by atoms with van der Waals surface area (Å²) in [5, 5.41) is 10.2. The first-order valence-corrected chi connectivity index (χ1v) is 10.00. The Morgan fingerprint density at radius 3 is 2.37 bits per heavy atom. The average Bonchev–Trinajstić information content (AvgIpc) is 2.74. The van der Waals surface area contributed by atoms with Gasteiger partial charge in [0.25, 0.3) is 6.47 Å². The van der Waals surface area contributed by atoms with Crippen LogP contribution in [0.1, 0.15) is 18.4 Å². The van der Waals surface area contributed by atoms with Crippen LogP contribution in [0, 0.1) is 5.82 Å². The molecule has 0 aliphatic carbocycles. The largest absolute Gasteiger partial charge is 0.483 e. The Hall–Kier alpha value is -2.93. The van der Waals surface area contributed by atoms with Crippen molar-refractivity contribution >= 4 is 18.1 Å². The fraction of sp³-hybridized carbons (Fsp3) is 0.391. The van der Waals surface area contributed by atoms with Crippen molar-refractivity contribution in [2.24, 2.45) is 0 Å². The Balaban J connectivity index is 0.00000101. The molecule has 1 fully saturated rings. The second kappa shape index (κ2) is 11.3. The number of hydrogen-bond acceptors (Lipinski definition) is 4. The molecule has 1 heterocycles. The van der Waals surface area contributed by atoms with E-state index < -0.39 is 5.54 Å². The number of nitrogens with zero attached hydrogens (tertiary/aromatic N) is 2. The standard InChI is InChI=1S/C22H28FN3O.CH2O2/c1-25(2)21(27)22(24-20-10-6-9-19(23)17-20)12-15-26(16-13-22)14-11-18-7-4-3-5-8-18;2-1-3/h3-10,17,24H,11-16H2,1-2H3;1H,(H,2,3). The van der Waals surface area contributed by atoms with Crippen molar-refractivity contribution in [2.45, 2.75) is 24.8 Å². The zero-order valence-electron chi connectivity index (χ0n) is 17.6. The molecule has 6 nitrogen and oxygen atoms in total. The summed E-state index contributed by atoms with van der Waals surface area (Å²) in [7, 11) is 3.55. The zero-order chi connectivity index (χ0) is 22.0. The highest BCUT2D eigenvalue weighted by atomic mass is 19.1. The van der Waals surface area contributed by atoms with Crippen molar-refractivity contribution in [1.29, 1.82) is 0 Å². The Labute approximate surface area is 177 Å². The summed E-state index contributed by atoms with van der Waals surface area (Å²) in [4.78, 5) is 25.3. The van der Waals surface area contributed by atoms with Crippen LogP contribution in [0.15, 0.2) is 54.6 Å². The van der Waals surface area contributed by atoms with Crippen LogP contribution in [0.2, 0.25) is 0 Å². The number of anilines is 1. The molecule has 2 N–H and O–H groups in total.